The third-order valence-corrected chi connectivity index (χ3v) is 3.44. The highest BCUT2D eigenvalue weighted by Gasteiger charge is 2.36. The van der Waals surface area contributed by atoms with Crippen LogP contribution in [0.3, 0.4) is 0 Å². The van der Waals surface area contributed by atoms with Crippen LogP contribution in [-0.2, 0) is 4.79 Å². The van der Waals surface area contributed by atoms with Crippen molar-refractivity contribution in [1.82, 2.24) is 0 Å². The molecule has 0 saturated heterocycles. The maximum Gasteiger partial charge on any atom is 0.252 e. The van der Waals surface area contributed by atoms with Crippen molar-refractivity contribution in [2.24, 2.45) is 22.6 Å². The number of allylic oxidation sites excluding steroid dienone is 3. The first kappa shape index (κ1) is 14.1. The molecule has 1 amide bonds. The molecule has 0 bridgehead atoms. The lowest BCUT2D eigenvalue weighted by molar-refractivity contribution is -0.122. The molecule has 2 atom stereocenters. The van der Waals surface area contributed by atoms with E-state index in [0.717, 1.165) is 17.7 Å². The van der Waals surface area contributed by atoms with Crippen LogP contribution in [0, 0.1) is 11.8 Å². The highest BCUT2D eigenvalue weighted by atomic mass is 16.5. The predicted molar refractivity (Wildman–Crippen MR) is 79.7 cm³/mol. The van der Waals surface area contributed by atoms with Crippen LogP contribution in [0.2, 0.25) is 0 Å². The largest absolute Gasteiger partial charge is 0.497 e. The first-order valence-corrected chi connectivity index (χ1v) is 6.44. The quantitative estimate of drug-likeness (QED) is 0.490. The summed E-state index contributed by atoms with van der Waals surface area (Å²) in [6.07, 6.45) is 6.81. The summed E-state index contributed by atoms with van der Waals surface area (Å²) in [7, 11) is 1.62. The van der Waals surface area contributed by atoms with Crippen molar-refractivity contribution in [3.8, 4) is 5.75 Å². The Bertz CT molecular complexity index is 557. The van der Waals surface area contributed by atoms with Crippen LogP contribution < -0.4 is 10.5 Å². The number of methoxy groups -OCH3 is 1. The zero-order chi connectivity index (χ0) is 14.5. The topological polar surface area (TPSA) is 64.7 Å². The number of carbonyl (C=O) groups excluding carboxylic acids is 1. The fraction of sp³-hybridized carbons (Fsp3) is 0.250. The van der Waals surface area contributed by atoms with Gasteiger partial charge >= 0.3 is 0 Å². The maximum atomic E-state index is 12.2. The van der Waals surface area contributed by atoms with E-state index >= 15 is 0 Å². The van der Waals surface area contributed by atoms with Gasteiger partial charge in [0.1, 0.15) is 5.75 Å². The van der Waals surface area contributed by atoms with Gasteiger partial charge in [0, 0.05) is 11.8 Å². The number of carbonyl (C=O) groups is 1. The molecule has 0 spiro atoms. The summed E-state index contributed by atoms with van der Waals surface area (Å²) in [5.41, 5.74) is 6.22. The van der Waals surface area contributed by atoms with Crippen molar-refractivity contribution < 1.29 is 9.53 Å². The molecule has 0 saturated carbocycles. The van der Waals surface area contributed by atoms with E-state index in [-0.39, 0.29) is 23.7 Å². The Balaban J connectivity index is 2.32. The van der Waals surface area contributed by atoms with Gasteiger partial charge in [-0.3, -0.25) is 4.79 Å². The van der Waals surface area contributed by atoms with Gasteiger partial charge in [0.05, 0.1) is 19.4 Å². The Morgan fingerprint density at radius 2 is 2.25 bits per heavy atom. The van der Waals surface area contributed by atoms with Gasteiger partial charge in [0.15, 0.2) is 0 Å². The molecule has 1 aliphatic carbocycles. The Morgan fingerprint density at radius 3 is 2.80 bits per heavy atom. The van der Waals surface area contributed by atoms with Gasteiger partial charge in [0.25, 0.3) is 5.91 Å². The number of nitrogens with two attached hydrogens (primary N) is 1. The van der Waals surface area contributed by atoms with Crippen LogP contribution >= 0.6 is 0 Å². The number of hydrogen-bond donors (Lipinski definition) is 1. The second-order valence-corrected chi connectivity index (χ2v) is 4.64. The minimum atomic E-state index is -0.292. The van der Waals surface area contributed by atoms with Gasteiger partial charge in [0.2, 0.25) is 0 Å². The number of aliphatic imine (C=N–C) groups is 1. The second kappa shape index (κ2) is 6.19. The third kappa shape index (κ3) is 2.96. The van der Waals surface area contributed by atoms with E-state index in [9.17, 15) is 4.79 Å². The third-order valence-electron chi connectivity index (χ3n) is 3.44. The molecule has 2 rings (SSSR count). The molecule has 0 fully saturated rings. The fourth-order valence-corrected chi connectivity index (χ4v) is 2.36. The molecule has 1 aromatic rings. The molecule has 4 heteroatoms. The normalized spacial score (nSPS) is 16.9. The molecule has 0 radical (unpaired) electrons. The van der Waals surface area contributed by atoms with E-state index in [0.29, 0.717) is 0 Å². The molecule has 2 N–H and O–H groups in total. The maximum absolute atomic E-state index is 12.2. The zero-order valence-corrected chi connectivity index (χ0v) is 11.4. The van der Waals surface area contributed by atoms with E-state index < -0.39 is 0 Å². The predicted octanol–water partition coefficient (Wildman–Crippen LogP) is 2.28. The number of ether oxygens (including phenoxy) is 1. The summed E-state index contributed by atoms with van der Waals surface area (Å²) in [5.74, 6) is 0.239. The van der Waals surface area contributed by atoms with Crippen molar-refractivity contribution in [2.75, 3.05) is 7.11 Å². The van der Waals surface area contributed by atoms with Crippen molar-refractivity contribution >= 4 is 12.2 Å². The lowest BCUT2D eigenvalue weighted by Crippen LogP contribution is -2.23. The average Bonchev–Trinajstić information content (AvgIpc) is 3.29. The van der Waals surface area contributed by atoms with Crippen LogP contribution in [0.25, 0.3) is 0 Å². The van der Waals surface area contributed by atoms with E-state index in [1.165, 1.54) is 0 Å². The van der Waals surface area contributed by atoms with Crippen LogP contribution in [-0.4, -0.2) is 19.4 Å². The highest BCUT2D eigenvalue weighted by Crippen LogP contribution is 2.39. The number of hydrogen-bond acceptors (Lipinski definition) is 2. The molecule has 20 heavy (non-hydrogen) atoms. The van der Waals surface area contributed by atoms with Crippen LogP contribution in [0.1, 0.15) is 11.5 Å². The van der Waals surface area contributed by atoms with Crippen LogP contribution in [0.5, 0.6) is 5.75 Å². The number of amides is 1. The van der Waals surface area contributed by atoms with Gasteiger partial charge in [-0.05, 0) is 17.7 Å². The summed E-state index contributed by atoms with van der Waals surface area (Å²) in [6.45, 7) is 3.86. The van der Waals surface area contributed by atoms with Gasteiger partial charge in [-0.15, -0.1) is 6.58 Å². The molecule has 104 valence electrons. The lowest BCUT2D eigenvalue weighted by atomic mass is 9.81. The monoisotopic (exact) mass is 270 g/mol. The summed E-state index contributed by atoms with van der Waals surface area (Å²) in [5, 5.41) is 0. The molecular formula is C16H18N2O2. The van der Waals surface area contributed by atoms with Crippen LogP contribution in [0.15, 0.2) is 54.1 Å². The molecule has 1 unspecified atom stereocenters. The van der Waals surface area contributed by atoms with Crippen LogP contribution in [0.4, 0.5) is 0 Å². The number of nitrogens with zero attached hydrogens (tertiary/aromatic N) is 1. The molecule has 0 heterocycles. The van der Waals surface area contributed by atoms with Crippen molar-refractivity contribution in [3.05, 3.63) is 54.6 Å². The summed E-state index contributed by atoms with van der Waals surface area (Å²) in [4.78, 5) is 15.9. The Hall–Kier alpha value is -2.36. The van der Waals surface area contributed by atoms with Gasteiger partial charge in [-0.2, -0.15) is 0 Å². The Kier molecular flexibility index (Phi) is 4.35. The van der Waals surface area contributed by atoms with Crippen molar-refractivity contribution in [1.29, 1.82) is 0 Å². The Labute approximate surface area is 118 Å². The molecule has 0 aromatic heterocycles. The van der Waals surface area contributed by atoms with Gasteiger partial charge in [-0.1, -0.05) is 30.4 Å². The summed E-state index contributed by atoms with van der Waals surface area (Å²) >= 11 is 0. The SMILES string of the molecule is C=C[C@H](c1cccc(OC)c1)C(C(=O)N=CN)C1C=C1. The average molecular weight is 270 g/mol. The lowest BCUT2D eigenvalue weighted by Gasteiger charge is -2.22. The van der Waals surface area contributed by atoms with Gasteiger partial charge < -0.3 is 10.5 Å². The number of benzene rings is 1. The fourth-order valence-electron chi connectivity index (χ4n) is 2.36. The zero-order valence-electron chi connectivity index (χ0n) is 11.4. The first-order chi connectivity index (χ1) is 9.71. The van der Waals surface area contributed by atoms with E-state index in [2.05, 4.69) is 11.6 Å². The van der Waals surface area contributed by atoms with E-state index in [1.54, 1.807) is 13.2 Å². The number of rotatable bonds is 6. The van der Waals surface area contributed by atoms with Crippen molar-refractivity contribution in [3.63, 3.8) is 0 Å². The summed E-state index contributed by atoms with van der Waals surface area (Å²) < 4.78 is 5.23. The molecule has 4 nitrogen and oxygen atoms in total. The second-order valence-electron chi connectivity index (χ2n) is 4.64. The molecule has 1 aliphatic rings. The van der Waals surface area contributed by atoms with E-state index in [4.69, 9.17) is 10.5 Å². The molecular weight excluding hydrogens is 252 g/mol. The summed E-state index contributed by atoms with van der Waals surface area (Å²) in [6, 6.07) is 7.65. The molecule has 1 aromatic carbocycles. The van der Waals surface area contributed by atoms with E-state index in [1.807, 2.05) is 36.4 Å². The standard InChI is InChI=1S/C16H18N2O2/c1-3-14(12-5-4-6-13(9-12)20-2)15(11-7-8-11)16(19)18-10-17/h3-11,14-15H,1H2,2H3,(H2,17,18,19)/t14-,15?/m1/s1. The van der Waals surface area contributed by atoms with Gasteiger partial charge in [-0.25, -0.2) is 4.99 Å². The first-order valence-electron chi connectivity index (χ1n) is 6.44. The minimum absolute atomic E-state index is 0.124. The van der Waals surface area contributed by atoms with Crippen molar-refractivity contribution in [2.45, 2.75) is 5.92 Å². The molecule has 0 aliphatic heterocycles. The highest BCUT2D eigenvalue weighted by molar-refractivity contribution is 5.88. The Morgan fingerprint density at radius 1 is 1.50 bits per heavy atom. The smallest absolute Gasteiger partial charge is 0.252 e. The minimum Gasteiger partial charge on any atom is -0.497 e.